The summed E-state index contributed by atoms with van der Waals surface area (Å²) in [5, 5.41) is 8.88. The quantitative estimate of drug-likeness (QED) is 0.406. The van der Waals surface area contributed by atoms with Crippen molar-refractivity contribution in [2.45, 2.75) is 45.1 Å². The maximum Gasteiger partial charge on any atom is 0.191 e. The Morgan fingerprint density at radius 3 is 2.91 bits per heavy atom. The molecule has 126 valence electrons. The summed E-state index contributed by atoms with van der Waals surface area (Å²) in [5.41, 5.74) is -0.0816. The van der Waals surface area contributed by atoms with Crippen molar-refractivity contribution >= 4 is 41.3 Å². The molecule has 1 aliphatic heterocycles. The summed E-state index contributed by atoms with van der Waals surface area (Å²) in [4.78, 5) is 6.10. The van der Waals surface area contributed by atoms with Gasteiger partial charge in [0.2, 0.25) is 0 Å². The van der Waals surface area contributed by atoms with Crippen LogP contribution in [0.25, 0.3) is 0 Å². The second-order valence-corrected chi connectivity index (χ2v) is 6.87. The molecule has 4 nitrogen and oxygen atoms in total. The van der Waals surface area contributed by atoms with E-state index in [9.17, 15) is 0 Å². The zero-order valence-electron chi connectivity index (χ0n) is 13.7. The largest absolute Gasteiger partial charge is 0.373 e. The summed E-state index contributed by atoms with van der Waals surface area (Å²) in [6.07, 6.45) is 2.24. The van der Waals surface area contributed by atoms with E-state index in [-0.39, 0.29) is 29.6 Å². The SMILES string of the molecule is CCNC(=NCC1(C)CCCO1)NCC(C)c1cccs1.I. The van der Waals surface area contributed by atoms with Crippen LogP contribution in [0.4, 0.5) is 0 Å². The first-order valence-corrected chi connectivity index (χ1v) is 8.70. The normalized spacial score (nSPS) is 23.0. The highest BCUT2D eigenvalue weighted by molar-refractivity contribution is 14.0. The van der Waals surface area contributed by atoms with Gasteiger partial charge in [-0.05, 0) is 38.1 Å². The molecule has 0 aliphatic carbocycles. The number of rotatable bonds is 6. The first-order valence-electron chi connectivity index (χ1n) is 7.82. The van der Waals surface area contributed by atoms with Gasteiger partial charge in [0.25, 0.3) is 0 Å². The van der Waals surface area contributed by atoms with Crippen LogP contribution in [0.3, 0.4) is 0 Å². The van der Waals surface area contributed by atoms with E-state index < -0.39 is 0 Å². The van der Waals surface area contributed by atoms with E-state index in [1.807, 2.05) is 11.3 Å². The second-order valence-electron chi connectivity index (χ2n) is 5.89. The average molecular weight is 437 g/mol. The van der Waals surface area contributed by atoms with Gasteiger partial charge in [-0.25, -0.2) is 0 Å². The van der Waals surface area contributed by atoms with Crippen molar-refractivity contribution in [3.05, 3.63) is 22.4 Å². The van der Waals surface area contributed by atoms with Crippen molar-refractivity contribution in [3.63, 3.8) is 0 Å². The summed E-state index contributed by atoms with van der Waals surface area (Å²) < 4.78 is 5.79. The lowest BCUT2D eigenvalue weighted by Gasteiger charge is -2.22. The minimum atomic E-state index is -0.0816. The lowest BCUT2D eigenvalue weighted by atomic mass is 10.0. The molecule has 0 spiro atoms. The highest BCUT2D eigenvalue weighted by Crippen LogP contribution is 2.25. The first-order chi connectivity index (χ1) is 10.1. The molecule has 0 radical (unpaired) electrons. The fraction of sp³-hybridized carbons (Fsp3) is 0.688. The van der Waals surface area contributed by atoms with E-state index in [1.165, 1.54) is 4.88 Å². The van der Waals surface area contributed by atoms with Crippen LogP contribution in [-0.2, 0) is 4.74 Å². The Hall–Kier alpha value is -0.340. The van der Waals surface area contributed by atoms with Crippen molar-refractivity contribution in [2.24, 2.45) is 4.99 Å². The Morgan fingerprint density at radius 2 is 2.32 bits per heavy atom. The lowest BCUT2D eigenvalue weighted by Crippen LogP contribution is -2.40. The van der Waals surface area contributed by atoms with Crippen LogP contribution in [0, 0.1) is 0 Å². The van der Waals surface area contributed by atoms with E-state index in [1.54, 1.807) is 0 Å². The van der Waals surface area contributed by atoms with Crippen LogP contribution in [0.1, 0.15) is 44.4 Å². The molecule has 1 aliphatic rings. The van der Waals surface area contributed by atoms with Crippen LogP contribution < -0.4 is 10.6 Å². The Balaban J connectivity index is 0.00000242. The molecule has 2 rings (SSSR count). The fourth-order valence-corrected chi connectivity index (χ4v) is 3.26. The average Bonchev–Trinajstić information content (AvgIpc) is 3.13. The zero-order chi connectivity index (χ0) is 15.1. The van der Waals surface area contributed by atoms with Gasteiger partial charge in [-0.3, -0.25) is 4.99 Å². The number of ether oxygens (including phenoxy) is 1. The molecule has 0 amide bonds. The molecular formula is C16H28IN3OS. The number of halogens is 1. The summed E-state index contributed by atoms with van der Waals surface area (Å²) in [5.74, 6) is 1.38. The molecule has 2 unspecified atom stereocenters. The van der Waals surface area contributed by atoms with E-state index in [0.717, 1.165) is 45.0 Å². The number of guanidine groups is 1. The van der Waals surface area contributed by atoms with E-state index in [2.05, 4.69) is 48.9 Å². The predicted molar refractivity (Wildman–Crippen MR) is 106 cm³/mol. The van der Waals surface area contributed by atoms with Gasteiger partial charge in [0.1, 0.15) is 0 Å². The molecule has 1 fully saturated rings. The number of aliphatic imine (C=N–C) groups is 1. The maximum absolute atomic E-state index is 5.79. The molecule has 0 bridgehead atoms. The fourth-order valence-electron chi connectivity index (χ4n) is 2.47. The van der Waals surface area contributed by atoms with Gasteiger partial charge in [0.15, 0.2) is 5.96 Å². The Morgan fingerprint density at radius 1 is 1.50 bits per heavy atom. The third kappa shape index (κ3) is 6.04. The number of hydrogen-bond acceptors (Lipinski definition) is 3. The van der Waals surface area contributed by atoms with Crippen LogP contribution in [-0.4, -0.2) is 37.8 Å². The topological polar surface area (TPSA) is 45.7 Å². The maximum atomic E-state index is 5.79. The zero-order valence-corrected chi connectivity index (χ0v) is 16.9. The molecule has 0 aromatic carbocycles. The molecule has 2 heterocycles. The highest BCUT2D eigenvalue weighted by Gasteiger charge is 2.29. The third-order valence-corrected chi connectivity index (χ3v) is 4.92. The van der Waals surface area contributed by atoms with E-state index in [0.29, 0.717) is 5.92 Å². The predicted octanol–water partition coefficient (Wildman–Crippen LogP) is 3.59. The summed E-state index contributed by atoms with van der Waals surface area (Å²) in [6.45, 7) is 9.83. The minimum absolute atomic E-state index is 0. The monoisotopic (exact) mass is 437 g/mol. The van der Waals surface area contributed by atoms with Gasteiger partial charge in [-0.2, -0.15) is 0 Å². The number of nitrogens with one attached hydrogen (secondary N) is 2. The molecule has 1 aromatic rings. The summed E-state index contributed by atoms with van der Waals surface area (Å²) in [6, 6.07) is 4.29. The highest BCUT2D eigenvalue weighted by atomic mass is 127. The third-order valence-electron chi connectivity index (χ3n) is 3.82. The van der Waals surface area contributed by atoms with Gasteiger partial charge < -0.3 is 15.4 Å². The molecule has 6 heteroatoms. The van der Waals surface area contributed by atoms with Crippen molar-refractivity contribution in [3.8, 4) is 0 Å². The second kappa shape index (κ2) is 9.72. The Kier molecular flexibility index (Phi) is 8.71. The molecule has 1 saturated heterocycles. The number of thiophene rings is 1. The van der Waals surface area contributed by atoms with Crippen LogP contribution >= 0.6 is 35.3 Å². The molecule has 2 N–H and O–H groups in total. The standard InChI is InChI=1S/C16H27N3OS.HI/c1-4-17-15(19-12-16(3)8-6-9-20-16)18-11-13(2)14-7-5-10-21-14;/h5,7,10,13H,4,6,8-9,11-12H2,1-3H3,(H2,17,18,19);1H. The molecule has 22 heavy (non-hydrogen) atoms. The van der Waals surface area contributed by atoms with Crippen molar-refractivity contribution in [1.82, 2.24) is 10.6 Å². The summed E-state index contributed by atoms with van der Waals surface area (Å²) >= 11 is 1.81. The summed E-state index contributed by atoms with van der Waals surface area (Å²) in [7, 11) is 0. The van der Waals surface area contributed by atoms with Crippen molar-refractivity contribution < 1.29 is 4.74 Å². The van der Waals surface area contributed by atoms with Gasteiger partial charge >= 0.3 is 0 Å². The number of nitrogens with zero attached hydrogens (tertiary/aromatic N) is 1. The Labute approximate surface area is 155 Å². The Bertz CT molecular complexity index is 444. The van der Waals surface area contributed by atoms with Crippen molar-refractivity contribution in [1.29, 1.82) is 0 Å². The molecule has 2 atom stereocenters. The van der Waals surface area contributed by atoms with E-state index in [4.69, 9.17) is 9.73 Å². The number of hydrogen-bond donors (Lipinski definition) is 2. The molecular weight excluding hydrogens is 409 g/mol. The van der Waals surface area contributed by atoms with Gasteiger partial charge in [-0.1, -0.05) is 13.0 Å². The van der Waals surface area contributed by atoms with Gasteiger partial charge in [0, 0.05) is 30.5 Å². The van der Waals surface area contributed by atoms with Crippen LogP contribution in [0.2, 0.25) is 0 Å². The van der Waals surface area contributed by atoms with Crippen LogP contribution in [0.15, 0.2) is 22.5 Å². The van der Waals surface area contributed by atoms with Crippen LogP contribution in [0.5, 0.6) is 0 Å². The van der Waals surface area contributed by atoms with Gasteiger partial charge in [0.05, 0.1) is 12.1 Å². The lowest BCUT2D eigenvalue weighted by molar-refractivity contribution is 0.0283. The minimum Gasteiger partial charge on any atom is -0.373 e. The smallest absolute Gasteiger partial charge is 0.191 e. The van der Waals surface area contributed by atoms with Crippen molar-refractivity contribution in [2.75, 3.05) is 26.2 Å². The first kappa shape index (κ1) is 19.7. The molecule has 1 aromatic heterocycles. The molecule has 0 saturated carbocycles. The van der Waals surface area contributed by atoms with E-state index >= 15 is 0 Å². The van der Waals surface area contributed by atoms with Gasteiger partial charge in [-0.15, -0.1) is 35.3 Å².